The number of aryl methyl sites for hydroxylation is 1. The first kappa shape index (κ1) is 15.7. The molecule has 24 heavy (non-hydrogen) atoms. The van der Waals surface area contributed by atoms with E-state index >= 15 is 0 Å². The Labute approximate surface area is 146 Å². The lowest BCUT2D eigenvalue weighted by Crippen LogP contribution is -2.45. The fourth-order valence-corrected chi connectivity index (χ4v) is 4.46. The Hall–Kier alpha value is -1.79. The van der Waals surface area contributed by atoms with E-state index in [-0.39, 0.29) is 11.7 Å². The van der Waals surface area contributed by atoms with Crippen molar-refractivity contribution in [3.8, 4) is 0 Å². The Balaban J connectivity index is 1.66. The maximum atomic E-state index is 12.6. The lowest BCUT2D eigenvalue weighted by Gasteiger charge is -2.33. The van der Waals surface area contributed by atoms with Crippen molar-refractivity contribution in [2.24, 2.45) is 0 Å². The smallest absolute Gasteiger partial charge is 0.225 e. The number of nitrogens with zero attached hydrogens (tertiary/aromatic N) is 4. The number of carbonyl (C=O) groups is 1. The van der Waals surface area contributed by atoms with E-state index in [4.69, 9.17) is 4.98 Å². The van der Waals surface area contributed by atoms with Crippen LogP contribution in [0.2, 0.25) is 0 Å². The first-order valence-electron chi connectivity index (χ1n) is 8.49. The molecular weight excluding hydrogens is 320 g/mol. The minimum atomic E-state index is 0.192. The van der Waals surface area contributed by atoms with E-state index in [2.05, 4.69) is 39.3 Å². The zero-order chi connectivity index (χ0) is 16.7. The zero-order valence-electron chi connectivity index (χ0n) is 14.2. The second-order valence-corrected chi connectivity index (χ2v) is 7.74. The fourth-order valence-electron chi connectivity index (χ4n) is 3.63. The number of anilines is 1. The third-order valence-corrected chi connectivity index (χ3v) is 6.07. The van der Waals surface area contributed by atoms with Crippen molar-refractivity contribution in [1.82, 2.24) is 14.9 Å². The summed E-state index contributed by atoms with van der Waals surface area (Å²) in [5, 5.41) is 2.08. The second-order valence-electron chi connectivity index (χ2n) is 6.76. The molecule has 1 aliphatic carbocycles. The first-order chi connectivity index (χ1) is 11.6. The highest BCUT2D eigenvalue weighted by atomic mass is 32.1. The van der Waals surface area contributed by atoms with Crippen molar-refractivity contribution < 1.29 is 4.79 Å². The first-order valence-corrected chi connectivity index (χ1v) is 9.37. The van der Waals surface area contributed by atoms with Crippen molar-refractivity contribution >= 4 is 23.1 Å². The van der Waals surface area contributed by atoms with Crippen LogP contribution in [0, 0.1) is 6.92 Å². The number of fused-ring (bicyclic) bond motifs is 1. The Morgan fingerprint density at radius 1 is 1.17 bits per heavy atom. The largest absolute Gasteiger partial charge is 0.338 e. The minimum Gasteiger partial charge on any atom is -0.338 e. The number of Topliss-reactive ketones (excluding diaryl/α,β-unsaturated/α-hetero) is 1. The highest BCUT2D eigenvalue weighted by Crippen LogP contribution is 2.35. The summed E-state index contributed by atoms with van der Waals surface area (Å²) in [6.07, 6.45) is 1.41. The normalized spacial score (nSPS) is 21.8. The van der Waals surface area contributed by atoms with Crippen LogP contribution in [-0.2, 0) is 6.42 Å². The summed E-state index contributed by atoms with van der Waals surface area (Å²) in [6.45, 7) is 5.88. The molecule has 1 fully saturated rings. The maximum Gasteiger partial charge on any atom is 0.225 e. The lowest BCUT2D eigenvalue weighted by atomic mass is 9.84. The summed E-state index contributed by atoms with van der Waals surface area (Å²) in [7, 11) is 2.14. The number of piperazine rings is 1. The maximum absolute atomic E-state index is 12.6. The van der Waals surface area contributed by atoms with Gasteiger partial charge >= 0.3 is 0 Å². The van der Waals surface area contributed by atoms with Gasteiger partial charge in [-0.2, -0.15) is 0 Å². The van der Waals surface area contributed by atoms with Crippen LogP contribution in [0.25, 0.3) is 0 Å². The number of rotatable bonds is 2. The molecule has 2 aromatic heterocycles. The van der Waals surface area contributed by atoms with Crippen molar-refractivity contribution in [2.75, 3.05) is 38.1 Å². The molecule has 2 aliphatic rings. The molecule has 0 spiro atoms. The van der Waals surface area contributed by atoms with Crippen LogP contribution in [0.1, 0.15) is 39.0 Å². The summed E-state index contributed by atoms with van der Waals surface area (Å²) >= 11 is 1.73. The van der Waals surface area contributed by atoms with Gasteiger partial charge in [-0.3, -0.25) is 4.79 Å². The van der Waals surface area contributed by atoms with E-state index in [0.29, 0.717) is 6.42 Å². The molecule has 6 heteroatoms. The molecule has 0 saturated carbocycles. The molecular formula is C18H22N4OS. The van der Waals surface area contributed by atoms with Gasteiger partial charge in [0.1, 0.15) is 0 Å². The Kier molecular flexibility index (Phi) is 4.10. The molecule has 0 bridgehead atoms. The van der Waals surface area contributed by atoms with Crippen LogP contribution in [0.5, 0.6) is 0 Å². The van der Waals surface area contributed by atoms with Crippen LogP contribution in [0.15, 0.2) is 17.5 Å². The second kappa shape index (κ2) is 6.26. The number of thiophene rings is 1. The predicted molar refractivity (Wildman–Crippen MR) is 96.2 cm³/mol. The zero-order valence-corrected chi connectivity index (χ0v) is 15.0. The molecule has 5 nitrogen and oxygen atoms in total. The SMILES string of the molecule is Cc1nc(N2CCN(C)CC2)nc2c1C(=O)CC(c1cccs1)C2. The molecule has 1 aliphatic heterocycles. The van der Waals surface area contributed by atoms with Gasteiger partial charge in [-0.15, -0.1) is 11.3 Å². The highest BCUT2D eigenvalue weighted by molar-refractivity contribution is 7.10. The number of hydrogen-bond donors (Lipinski definition) is 0. The topological polar surface area (TPSA) is 49.3 Å². The van der Waals surface area contributed by atoms with E-state index < -0.39 is 0 Å². The molecule has 1 atom stereocenters. The highest BCUT2D eigenvalue weighted by Gasteiger charge is 2.31. The Morgan fingerprint density at radius 3 is 2.67 bits per heavy atom. The molecule has 4 rings (SSSR count). The van der Waals surface area contributed by atoms with Crippen LogP contribution >= 0.6 is 11.3 Å². The van der Waals surface area contributed by atoms with Gasteiger partial charge < -0.3 is 9.80 Å². The monoisotopic (exact) mass is 342 g/mol. The molecule has 0 N–H and O–H groups in total. The Bertz CT molecular complexity index is 751. The Morgan fingerprint density at radius 2 is 1.96 bits per heavy atom. The van der Waals surface area contributed by atoms with Gasteiger partial charge in [-0.25, -0.2) is 9.97 Å². The molecule has 0 radical (unpaired) electrons. The third-order valence-electron chi connectivity index (χ3n) is 5.04. The van der Waals surface area contributed by atoms with E-state index in [1.54, 1.807) is 11.3 Å². The van der Waals surface area contributed by atoms with E-state index in [0.717, 1.165) is 55.5 Å². The quantitative estimate of drug-likeness (QED) is 0.839. The van der Waals surface area contributed by atoms with Gasteiger partial charge in [0.25, 0.3) is 0 Å². The van der Waals surface area contributed by atoms with Crippen molar-refractivity contribution in [3.63, 3.8) is 0 Å². The van der Waals surface area contributed by atoms with Crippen LogP contribution in [0.3, 0.4) is 0 Å². The number of hydrogen-bond acceptors (Lipinski definition) is 6. The van der Waals surface area contributed by atoms with Gasteiger partial charge in [-0.05, 0) is 31.8 Å². The summed E-state index contributed by atoms with van der Waals surface area (Å²) in [6, 6.07) is 4.18. The van der Waals surface area contributed by atoms with Gasteiger partial charge in [0.15, 0.2) is 5.78 Å². The van der Waals surface area contributed by atoms with Crippen molar-refractivity contribution in [1.29, 1.82) is 0 Å². The fraction of sp³-hybridized carbons (Fsp3) is 0.500. The number of likely N-dealkylation sites (N-methyl/N-ethyl adjacent to an activating group) is 1. The molecule has 0 aromatic carbocycles. The number of aromatic nitrogens is 2. The predicted octanol–water partition coefficient (Wildman–Crippen LogP) is 2.51. The number of ketones is 1. The summed E-state index contributed by atoms with van der Waals surface area (Å²) < 4.78 is 0. The van der Waals surface area contributed by atoms with Gasteiger partial charge in [0.05, 0.1) is 17.0 Å². The standard InChI is InChI=1S/C18H22N4OS/c1-12-17-14(10-13(11-15(17)23)16-4-3-9-24-16)20-18(19-12)22-7-5-21(2)6-8-22/h3-4,9,13H,5-8,10-11H2,1-2H3. The van der Waals surface area contributed by atoms with Crippen LogP contribution < -0.4 is 4.90 Å². The van der Waals surface area contributed by atoms with E-state index in [9.17, 15) is 4.79 Å². The summed E-state index contributed by atoms with van der Waals surface area (Å²) in [5.74, 6) is 1.25. The molecule has 3 heterocycles. The third kappa shape index (κ3) is 2.84. The van der Waals surface area contributed by atoms with Crippen LogP contribution in [-0.4, -0.2) is 53.9 Å². The molecule has 0 amide bonds. The molecule has 126 valence electrons. The van der Waals surface area contributed by atoms with Gasteiger partial charge in [0, 0.05) is 43.4 Å². The molecule has 2 aromatic rings. The van der Waals surface area contributed by atoms with Crippen LogP contribution in [0.4, 0.5) is 5.95 Å². The van der Waals surface area contributed by atoms with Crippen molar-refractivity contribution in [2.45, 2.75) is 25.7 Å². The van der Waals surface area contributed by atoms with E-state index in [1.165, 1.54) is 4.88 Å². The average molecular weight is 342 g/mol. The van der Waals surface area contributed by atoms with E-state index in [1.807, 2.05) is 6.92 Å². The number of carbonyl (C=O) groups excluding carboxylic acids is 1. The average Bonchev–Trinajstić information content (AvgIpc) is 3.09. The molecule has 1 saturated heterocycles. The summed E-state index contributed by atoms with van der Waals surface area (Å²) in [5.41, 5.74) is 2.54. The van der Waals surface area contributed by atoms with Gasteiger partial charge in [0.2, 0.25) is 5.95 Å². The molecule has 1 unspecified atom stereocenters. The summed E-state index contributed by atoms with van der Waals surface area (Å²) in [4.78, 5) is 28.0. The van der Waals surface area contributed by atoms with Crippen molar-refractivity contribution in [3.05, 3.63) is 39.3 Å². The van der Waals surface area contributed by atoms with Gasteiger partial charge in [-0.1, -0.05) is 6.07 Å². The lowest BCUT2D eigenvalue weighted by molar-refractivity contribution is 0.0962. The minimum absolute atomic E-state index is 0.192.